The number of esters is 1. The van der Waals surface area contributed by atoms with Gasteiger partial charge in [-0.25, -0.2) is 4.79 Å². The molecule has 1 unspecified atom stereocenters. The molecular formula is C17H16N2O5S. The Bertz CT molecular complexity index is 831. The number of nitrogens with zero attached hydrogens (tertiary/aromatic N) is 2. The zero-order valence-corrected chi connectivity index (χ0v) is 14.5. The molecule has 1 atom stereocenters. The molecule has 0 saturated carbocycles. The van der Waals surface area contributed by atoms with Gasteiger partial charge in [-0.05, 0) is 30.5 Å². The summed E-state index contributed by atoms with van der Waals surface area (Å²) in [6.45, 7) is 1.41. The van der Waals surface area contributed by atoms with Gasteiger partial charge >= 0.3 is 5.97 Å². The Labute approximate surface area is 148 Å². The third kappa shape index (κ3) is 4.16. The van der Waals surface area contributed by atoms with Crippen LogP contribution >= 0.6 is 11.3 Å². The van der Waals surface area contributed by atoms with Gasteiger partial charge in [0.25, 0.3) is 11.8 Å². The molecule has 0 aliphatic heterocycles. The predicted octanol–water partition coefficient (Wildman–Crippen LogP) is 3.49. The summed E-state index contributed by atoms with van der Waals surface area (Å²) < 4.78 is 21.4. The van der Waals surface area contributed by atoms with Crippen molar-refractivity contribution in [2.75, 3.05) is 13.7 Å². The molecule has 7 nitrogen and oxygen atoms in total. The number of thiophene rings is 1. The molecule has 3 rings (SSSR count). The number of methoxy groups -OCH3 is 1. The first kappa shape index (κ1) is 17.0. The van der Waals surface area contributed by atoms with Crippen molar-refractivity contribution in [1.29, 1.82) is 0 Å². The lowest BCUT2D eigenvalue weighted by Crippen LogP contribution is -2.17. The number of carbonyl (C=O) groups is 1. The van der Waals surface area contributed by atoms with Gasteiger partial charge in [0.15, 0.2) is 24.2 Å². The van der Waals surface area contributed by atoms with E-state index in [4.69, 9.17) is 18.6 Å². The third-order valence-corrected chi connectivity index (χ3v) is 4.10. The van der Waals surface area contributed by atoms with Gasteiger partial charge in [0, 0.05) is 0 Å². The number of ether oxygens (including phenoxy) is 3. The average Bonchev–Trinajstić information content (AvgIpc) is 3.31. The molecule has 0 fully saturated rings. The largest absolute Gasteiger partial charge is 0.493 e. The van der Waals surface area contributed by atoms with E-state index in [2.05, 4.69) is 10.2 Å². The monoisotopic (exact) mass is 360 g/mol. The molecule has 0 saturated heterocycles. The topological polar surface area (TPSA) is 83.7 Å². The van der Waals surface area contributed by atoms with Crippen molar-refractivity contribution in [2.24, 2.45) is 0 Å². The quantitative estimate of drug-likeness (QED) is 0.596. The van der Waals surface area contributed by atoms with Gasteiger partial charge in [0.05, 0.1) is 12.0 Å². The number of carbonyl (C=O) groups excluding carboxylic acids is 1. The number of aromatic nitrogens is 2. The average molecular weight is 360 g/mol. The van der Waals surface area contributed by atoms with Crippen LogP contribution in [0.4, 0.5) is 0 Å². The summed E-state index contributed by atoms with van der Waals surface area (Å²) in [4.78, 5) is 12.8. The first-order chi connectivity index (χ1) is 12.2. The second-order valence-electron chi connectivity index (χ2n) is 4.99. The number of hydrogen-bond donors (Lipinski definition) is 0. The standard InChI is InChI=1S/C17H16N2O5S/c1-11(16-18-19-17(24-16)14-8-5-9-25-14)23-15(20)10-22-13-7-4-3-6-12(13)21-2/h3-9,11H,10H2,1-2H3. The minimum atomic E-state index is -0.671. The fourth-order valence-electron chi connectivity index (χ4n) is 2.05. The summed E-state index contributed by atoms with van der Waals surface area (Å²) in [5.41, 5.74) is 0. The van der Waals surface area contributed by atoms with E-state index in [0.717, 1.165) is 4.88 Å². The number of benzene rings is 1. The van der Waals surface area contributed by atoms with Crippen molar-refractivity contribution >= 4 is 17.3 Å². The predicted molar refractivity (Wildman–Crippen MR) is 90.6 cm³/mol. The van der Waals surface area contributed by atoms with E-state index < -0.39 is 12.1 Å². The van der Waals surface area contributed by atoms with Crippen LogP contribution < -0.4 is 9.47 Å². The molecule has 0 radical (unpaired) electrons. The molecule has 0 aliphatic carbocycles. The Kier molecular flexibility index (Phi) is 5.30. The highest BCUT2D eigenvalue weighted by Crippen LogP contribution is 2.27. The van der Waals surface area contributed by atoms with Crippen LogP contribution in [0.2, 0.25) is 0 Å². The molecule has 0 spiro atoms. The molecule has 1 aromatic carbocycles. The van der Waals surface area contributed by atoms with Crippen LogP contribution in [-0.2, 0) is 9.53 Å². The highest BCUT2D eigenvalue weighted by atomic mass is 32.1. The Morgan fingerprint density at radius 1 is 1.20 bits per heavy atom. The van der Waals surface area contributed by atoms with E-state index in [1.807, 2.05) is 23.6 Å². The van der Waals surface area contributed by atoms with Crippen LogP contribution in [0.25, 0.3) is 10.8 Å². The minimum Gasteiger partial charge on any atom is -0.493 e. The summed E-state index contributed by atoms with van der Waals surface area (Å²) in [7, 11) is 1.53. The summed E-state index contributed by atoms with van der Waals surface area (Å²) in [5.74, 6) is 1.09. The lowest BCUT2D eigenvalue weighted by atomic mass is 10.3. The molecule has 3 aromatic rings. The SMILES string of the molecule is COc1ccccc1OCC(=O)OC(C)c1nnc(-c2cccs2)o1. The van der Waals surface area contributed by atoms with Crippen molar-refractivity contribution < 1.29 is 23.4 Å². The van der Waals surface area contributed by atoms with Crippen molar-refractivity contribution in [2.45, 2.75) is 13.0 Å². The highest BCUT2D eigenvalue weighted by molar-refractivity contribution is 7.13. The van der Waals surface area contributed by atoms with Gasteiger partial charge < -0.3 is 18.6 Å². The molecule has 0 N–H and O–H groups in total. The minimum absolute atomic E-state index is 0.231. The maximum atomic E-state index is 12.0. The Morgan fingerprint density at radius 2 is 2.00 bits per heavy atom. The summed E-state index contributed by atoms with van der Waals surface area (Å²) in [6, 6.07) is 10.8. The normalized spacial score (nSPS) is 11.8. The Hall–Kier alpha value is -2.87. The van der Waals surface area contributed by atoms with Crippen LogP contribution in [0.5, 0.6) is 11.5 Å². The molecule has 0 aliphatic rings. The molecule has 2 heterocycles. The van der Waals surface area contributed by atoms with E-state index in [9.17, 15) is 4.79 Å². The lowest BCUT2D eigenvalue weighted by molar-refractivity contribution is -0.152. The van der Waals surface area contributed by atoms with Crippen molar-refractivity contribution in [3.63, 3.8) is 0 Å². The molecule has 130 valence electrons. The number of hydrogen-bond acceptors (Lipinski definition) is 8. The zero-order valence-electron chi connectivity index (χ0n) is 13.7. The van der Waals surface area contributed by atoms with Crippen LogP contribution in [-0.4, -0.2) is 29.9 Å². The van der Waals surface area contributed by atoms with Crippen molar-refractivity contribution in [1.82, 2.24) is 10.2 Å². The first-order valence-electron chi connectivity index (χ1n) is 7.50. The molecular weight excluding hydrogens is 344 g/mol. The fourth-order valence-corrected chi connectivity index (χ4v) is 2.70. The molecule has 0 bridgehead atoms. The van der Waals surface area contributed by atoms with Gasteiger partial charge in [-0.3, -0.25) is 0 Å². The van der Waals surface area contributed by atoms with Crippen molar-refractivity contribution in [3.8, 4) is 22.3 Å². The van der Waals surface area contributed by atoms with Crippen LogP contribution in [0.15, 0.2) is 46.2 Å². The maximum Gasteiger partial charge on any atom is 0.344 e. The summed E-state index contributed by atoms with van der Waals surface area (Å²) >= 11 is 1.49. The van der Waals surface area contributed by atoms with Crippen LogP contribution in [0, 0.1) is 0 Å². The second kappa shape index (κ2) is 7.80. The van der Waals surface area contributed by atoms with Gasteiger partial charge in [0.2, 0.25) is 0 Å². The van der Waals surface area contributed by atoms with Gasteiger partial charge in [-0.15, -0.1) is 21.5 Å². The van der Waals surface area contributed by atoms with E-state index in [1.54, 1.807) is 25.1 Å². The van der Waals surface area contributed by atoms with Gasteiger partial charge in [0.1, 0.15) is 0 Å². The maximum absolute atomic E-state index is 12.0. The van der Waals surface area contributed by atoms with E-state index in [0.29, 0.717) is 17.4 Å². The number of rotatable bonds is 7. The zero-order chi connectivity index (χ0) is 17.6. The first-order valence-corrected chi connectivity index (χ1v) is 8.38. The Balaban J connectivity index is 1.56. The lowest BCUT2D eigenvalue weighted by Gasteiger charge is -2.12. The molecule has 25 heavy (non-hydrogen) atoms. The number of para-hydroxylation sites is 2. The fraction of sp³-hybridized carbons (Fsp3) is 0.235. The smallest absolute Gasteiger partial charge is 0.344 e. The van der Waals surface area contributed by atoms with Crippen LogP contribution in [0.3, 0.4) is 0 Å². The molecule has 8 heteroatoms. The van der Waals surface area contributed by atoms with Crippen LogP contribution in [0.1, 0.15) is 18.9 Å². The van der Waals surface area contributed by atoms with E-state index in [-0.39, 0.29) is 12.5 Å². The second-order valence-corrected chi connectivity index (χ2v) is 5.94. The third-order valence-electron chi connectivity index (χ3n) is 3.24. The van der Waals surface area contributed by atoms with Crippen molar-refractivity contribution in [3.05, 3.63) is 47.7 Å². The highest BCUT2D eigenvalue weighted by Gasteiger charge is 2.20. The summed E-state index contributed by atoms with van der Waals surface area (Å²) in [6.07, 6.45) is -0.671. The van der Waals surface area contributed by atoms with Gasteiger partial charge in [-0.1, -0.05) is 18.2 Å². The van der Waals surface area contributed by atoms with E-state index in [1.165, 1.54) is 18.4 Å². The molecule has 2 aromatic heterocycles. The Morgan fingerprint density at radius 3 is 2.72 bits per heavy atom. The van der Waals surface area contributed by atoms with E-state index >= 15 is 0 Å². The van der Waals surface area contributed by atoms with Gasteiger partial charge in [-0.2, -0.15) is 0 Å². The molecule has 0 amide bonds. The summed E-state index contributed by atoms with van der Waals surface area (Å²) in [5, 5.41) is 9.80.